The molecule has 6 nitrogen and oxygen atoms in total. The normalized spacial score (nSPS) is 14.9. The highest BCUT2D eigenvalue weighted by atomic mass is 32.1. The lowest BCUT2D eigenvalue weighted by atomic mass is 9.83. The monoisotopic (exact) mass is 432 g/mol. The van der Waals surface area contributed by atoms with E-state index in [9.17, 15) is 10.1 Å². The van der Waals surface area contributed by atoms with Gasteiger partial charge < -0.3 is 19.9 Å². The van der Waals surface area contributed by atoms with Gasteiger partial charge in [0.15, 0.2) is 0 Å². The molecule has 2 aromatic carbocycles. The molecule has 1 aliphatic heterocycles. The molecule has 1 aliphatic rings. The maximum Gasteiger partial charge on any atom is 0.353 e. The van der Waals surface area contributed by atoms with Gasteiger partial charge in [-0.25, -0.2) is 4.79 Å². The van der Waals surface area contributed by atoms with Crippen LogP contribution >= 0.6 is 11.3 Å². The van der Waals surface area contributed by atoms with Crippen LogP contribution in [0.25, 0.3) is 0 Å². The van der Waals surface area contributed by atoms with Gasteiger partial charge in [-0.3, -0.25) is 0 Å². The first-order valence-electron chi connectivity index (χ1n) is 9.80. The Morgan fingerprint density at radius 1 is 1.19 bits per heavy atom. The van der Waals surface area contributed by atoms with Crippen LogP contribution in [0.2, 0.25) is 0 Å². The van der Waals surface area contributed by atoms with E-state index in [2.05, 4.69) is 6.07 Å². The van der Waals surface area contributed by atoms with Crippen molar-refractivity contribution in [3.8, 4) is 23.3 Å². The quantitative estimate of drug-likeness (QED) is 0.436. The molecule has 0 aliphatic carbocycles. The van der Waals surface area contributed by atoms with Crippen molar-refractivity contribution in [2.45, 2.75) is 19.3 Å². The summed E-state index contributed by atoms with van der Waals surface area (Å²) in [5.41, 5.74) is 8.04. The van der Waals surface area contributed by atoms with Crippen LogP contribution in [0.5, 0.6) is 17.2 Å². The maximum absolute atomic E-state index is 12.3. The molecule has 0 spiro atoms. The third-order valence-corrected chi connectivity index (χ3v) is 5.66. The summed E-state index contributed by atoms with van der Waals surface area (Å²) in [6.07, 6.45) is 0.923. The standard InChI is InChI=1S/C24H20N2O4S/c1-2-11-28-16-7-5-15(6-8-16)22-18-10-9-17(29-24(27)21-4-3-12-31-21)13-20(18)30-23(26)19(22)14-25/h3-10,12-13,22H,2,11,26H2,1H3. The Morgan fingerprint density at radius 2 is 1.97 bits per heavy atom. The Labute approximate surface area is 184 Å². The molecule has 3 aromatic rings. The van der Waals surface area contributed by atoms with Crippen LogP contribution in [0.15, 0.2) is 71.4 Å². The molecule has 0 radical (unpaired) electrons. The van der Waals surface area contributed by atoms with Gasteiger partial charge in [-0.2, -0.15) is 5.26 Å². The third-order valence-electron chi connectivity index (χ3n) is 4.81. The zero-order chi connectivity index (χ0) is 21.8. The first kappa shape index (κ1) is 20.5. The number of thiophene rings is 1. The predicted molar refractivity (Wildman–Crippen MR) is 117 cm³/mol. The lowest BCUT2D eigenvalue weighted by Crippen LogP contribution is -2.21. The Morgan fingerprint density at radius 3 is 2.65 bits per heavy atom. The maximum atomic E-state index is 12.3. The summed E-state index contributed by atoms with van der Waals surface area (Å²) in [6, 6.07) is 18.4. The molecule has 0 bridgehead atoms. The van der Waals surface area contributed by atoms with Gasteiger partial charge in [0.1, 0.15) is 33.8 Å². The molecule has 156 valence electrons. The number of rotatable bonds is 6. The minimum atomic E-state index is -0.439. The summed E-state index contributed by atoms with van der Waals surface area (Å²) in [6.45, 7) is 2.69. The van der Waals surface area contributed by atoms with Crippen molar-refractivity contribution >= 4 is 17.3 Å². The van der Waals surface area contributed by atoms with Crippen LogP contribution in [0.4, 0.5) is 0 Å². The van der Waals surface area contributed by atoms with Gasteiger partial charge in [-0.15, -0.1) is 11.3 Å². The van der Waals surface area contributed by atoms with E-state index < -0.39 is 11.9 Å². The Kier molecular flexibility index (Phi) is 5.92. The number of esters is 1. The number of carbonyl (C=O) groups is 1. The summed E-state index contributed by atoms with van der Waals surface area (Å²) >= 11 is 1.31. The first-order valence-corrected chi connectivity index (χ1v) is 10.7. The van der Waals surface area contributed by atoms with Crippen LogP contribution in [-0.2, 0) is 0 Å². The van der Waals surface area contributed by atoms with Gasteiger partial charge in [0, 0.05) is 11.6 Å². The lowest BCUT2D eigenvalue weighted by molar-refractivity contribution is 0.0739. The van der Waals surface area contributed by atoms with Crippen molar-refractivity contribution in [1.82, 2.24) is 0 Å². The van der Waals surface area contributed by atoms with Crippen molar-refractivity contribution in [3.05, 3.63) is 87.4 Å². The van der Waals surface area contributed by atoms with Gasteiger partial charge in [-0.1, -0.05) is 31.2 Å². The number of hydrogen-bond acceptors (Lipinski definition) is 7. The largest absolute Gasteiger partial charge is 0.494 e. The fraction of sp³-hybridized carbons (Fsp3) is 0.167. The van der Waals surface area contributed by atoms with E-state index in [0.29, 0.717) is 28.6 Å². The summed E-state index contributed by atoms with van der Waals surface area (Å²) in [4.78, 5) is 12.8. The number of nitrogens with zero attached hydrogens (tertiary/aromatic N) is 1. The molecule has 1 aromatic heterocycles. The molecule has 1 unspecified atom stereocenters. The number of hydrogen-bond donors (Lipinski definition) is 1. The van der Waals surface area contributed by atoms with E-state index in [1.54, 1.807) is 30.3 Å². The van der Waals surface area contributed by atoms with Crippen molar-refractivity contribution < 1.29 is 19.0 Å². The average molecular weight is 433 g/mol. The molecule has 2 heterocycles. The molecular weight excluding hydrogens is 412 g/mol. The minimum absolute atomic E-state index is 0.0352. The summed E-state index contributed by atoms with van der Waals surface area (Å²) in [5, 5.41) is 11.5. The molecule has 31 heavy (non-hydrogen) atoms. The topological polar surface area (TPSA) is 94.6 Å². The van der Waals surface area contributed by atoms with Crippen molar-refractivity contribution in [1.29, 1.82) is 5.26 Å². The second kappa shape index (κ2) is 8.94. The van der Waals surface area contributed by atoms with Crippen LogP contribution < -0.4 is 19.9 Å². The molecule has 2 N–H and O–H groups in total. The third kappa shape index (κ3) is 4.25. The fourth-order valence-electron chi connectivity index (χ4n) is 3.37. The van der Waals surface area contributed by atoms with E-state index in [-0.39, 0.29) is 5.88 Å². The average Bonchev–Trinajstić information content (AvgIpc) is 3.32. The van der Waals surface area contributed by atoms with Crippen molar-refractivity contribution in [2.75, 3.05) is 6.61 Å². The summed E-state index contributed by atoms with van der Waals surface area (Å²) < 4.78 is 16.8. The number of fused-ring (bicyclic) bond motifs is 1. The number of nitriles is 1. The molecule has 0 fully saturated rings. The zero-order valence-electron chi connectivity index (χ0n) is 16.8. The Bertz CT molecular complexity index is 1160. The van der Waals surface area contributed by atoms with Crippen molar-refractivity contribution in [3.63, 3.8) is 0 Å². The van der Waals surface area contributed by atoms with Crippen LogP contribution in [-0.4, -0.2) is 12.6 Å². The number of allylic oxidation sites excluding steroid dienone is 1. The smallest absolute Gasteiger partial charge is 0.353 e. The van der Waals surface area contributed by atoms with Crippen molar-refractivity contribution in [2.24, 2.45) is 5.73 Å². The van der Waals surface area contributed by atoms with Gasteiger partial charge >= 0.3 is 5.97 Å². The van der Waals surface area contributed by atoms with Gasteiger partial charge in [0.05, 0.1) is 12.5 Å². The molecular formula is C24H20N2O4S. The van der Waals surface area contributed by atoms with Crippen LogP contribution in [0.3, 0.4) is 0 Å². The Hall–Kier alpha value is -3.76. The fourth-order valence-corrected chi connectivity index (χ4v) is 3.97. The second-order valence-electron chi connectivity index (χ2n) is 6.91. The first-order chi connectivity index (χ1) is 15.1. The van der Waals surface area contributed by atoms with E-state index in [1.807, 2.05) is 36.6 Å². The summed E-state index contributed by atoms with van der Waals surface area (Å²) in [7, 11) is 0. The van der Waals surface area contributed by atoms with Crippen LogP contribution in [0.1, 0.15) is 40.1 Å². The number of benzene rings is 2. The molecule has 0 amide bonds. The zero-order valence-corrected chi connectivity index (χ0v) is 17.6. The number of nitrogens with two attached hydrogens (primary N) is 1. The van der Waals surface area contributed by atoms with Gasteiger partial charge in [0.25, 0.3) is 0 Å². The van der Waals surface area contributed by atoms with Gasteiger partial charge in [-0.05, 0) is 41.6 Å². The highest BCUT2D eigenvalue weighted by Crippen LogP contribution is 2.43. The van der Waals surface area contributed by atoms with E-state index in [4.69, 9.17) is 19.9 Å². The van der Waals surface area contributed by atoms with E-state index in [1.165, 1.54) is 11.3 Å². The molecule has 0 saturated carbocycles. The second-order valence-corrected chi connectivity index (χ2v) is 7.86. The minimum Gasteiger partial charge on any atom is -0.494 e. The highest BCUT2D eigenvalue weighted by Gasteiger charge is 2.31. The van der Waals surface area contributed by atoms with Crippen LogP contribution in [0, 0.1) is 11.3 Å². The SMILES string of the molecule is CCCOc1ccc(C2C(C#N)=C(N)Oc3cc(OC(=O)c4cccs4)ccc32)cc1. The molecule has 1 atom stereocenters. The van der Waals surface area contributed by atoms with Gasteiger partial charge in [0.2, 0.25) is 5.88 Å². The number of carbonyl (C=O) groups excluding carboxylic acids is 1. The lowest BCUT2D eigenvalue weighted by Gasteiger charge is -2.26. The predicted octanol–water partition coefficient (Wildman–Crippen LogP) is 4.97. The van der Waals surface area contributed by atoms with E-state index in [0.717, 1.165) is 23.3 Å². The Balaban J connectivity index is 1.65. The van der Waals surface area contributed by atoms with E-state index >= 15 is 0 Å². The molecule has 0 saturated heterocycles. The molecule has 7 heteroatoms. The molecule has 4 rings (SSSR count). The number of ether oxygens (including phenoxy) is 3. The highest BCUT2D eigenvalue weighted by molar-refractivity contribution is 7.12. The summed E-state index contributed by atoms with van der Waals surface area (Å²) in [5.74, 6) is 0.760.